The van der Waals surface area contributed by atoms with Gasteiger partial charge in [-0.15, -0.1) is 23.5 Å². The molecule has 2 N–H and O–H groups in total. The average molecular weight is 489 g/mol. The molecular weight excluding hydrogens is 472 g/mol. The fraction of sp³-hybridized carbons (Fsp3) is 0.222. The van der Waals surface area contributed by atoms with E-state index in [0.29, 0.717) is 9.79 Å². The smallest absolute Gasteiger partial charge is 0.265 e. The number of hydrogen-bond acceptors (Lipinski definition) is 8. The Labute approximate surface area is 181 Å². The van der Waals surface area contributed by atoms with Crippen LogP contribution < -0.4 is 0 Å². The first kappa shape index (κ1) is 23.0. The molecule has 0 heterocycles. The van der Waals surface area contributed by atoms with E-state index < -0.39 is 31.7 Å². The lowest BCUT2D eigenvalue weighted by molar-refractivity contribution is 0.0978. The summed E-state index contributed by atoms with van der Waals surface area (Å²) in [6.45, 7) is 0. The number of carbonyl (C=O) groups is 2. The fourth-order valence-electron chi connectivity index (χ4n) is 2.82. The molecule has 0 aliphatic heterocycles. The van der Waals surface area contributed by atoms with Crippen LogP contribution in [0.25, 0.3) is 0 Å². The maximum Gasteiger partial charge on any atom is 0.265 e. The molecule has 160 valence electrons. The van der Waals surface area contributed by atoms with E-state index in [1.807, 2.05) is 0 Å². The van der Waals surface area contributed by atoms with Crippen molar-refractivity contribution < 1.29 is 35.5 Å². The molecule has 0 atom stereocenters. The summed E-state index contributed by atoms with van der Waals surface area (Å²) in [4.78, 5) is 27.0. The van der Waals surface area contributed by atoms with E-state index in [2.05, 4.69) is 0 Å². The first-order chi connectivity index (χ1) is 13.9. The minimum atomic E-state index is -4.08. The second-order valence-corrected chi connectivity index (χ2v) is 11.8. The van der Waals surface area contributed by atoms with Gasteiger partial charge in [0.15, 0.2) is 11.6 Å². The van der Waals surface area contributed by atoms with Gasteiger partial charge in [0.2, 0.25) is 0 Å². The van der Waals surface area contributed by atoms with Crippen molar-refractivity contribution >= 4 is 55.3 Å². The van der Waals surface area contributed by atoms with Crippen LogP contribution >= 0.6 is 23.5 Å². The summed E-state index contributed by atoms with van der Waals surface area (Å²) in [5.74, 6) is -1.34. The van der Waals surface area contributed by atoms with Crippen LogP contribution in [0.15, 0.2) is 46.2 Å². The Morgan fingerprint density at radius 1 is 0.633 bits per heavy atom. The molecule has 0 unspecified atom stereocenters. The molecule has 0 bridgehead atoms. The van der Waals surface area contributed by atoms with Crippen LogP contribution in [-0.2, 0) is 20.2 Å². The zero-order valence-electron chi connectivity index (χ0n) is 15.3. The van der Waals surface area contributed by atoms with Crippen LogP contribution in [0.4, 0.5) is 0 Å². The van der Waals surface area contributed by atoms with Gasteiger partial charge < -0.3 is 0 Å². The maximum atomic E-state index is 12.9. The van der Waals surface area contributed by atoms with Gasteiger partial charge in [-0.2, -0.15) is 16.8 Å². The van der Waals surface area contributed by atoms with Crippen molar-refractivity contribution in [3.05, 3.63) is 58.7 Å². The minimum absolute atomic E-state index is 0.0977. The average Bonchev–Trinajstić information content (AvgIpc) is 2.64. The molecule has 0 radical (unpaired) electrons. The van der Waals surface area contributed by atoms with Gasteiger partial charge in [0.1, 0.15) is 0 Å². The Morgan fingerprint density at radius 3 is 1.33 bits per heavy atom. The zero-order chi connectivity index (χ0) is 22.1. The van der Waals surface area contributed by atoms with E-state index >= 15 is 0 Å². The minimum Gasteiger partial charge on any atom is -0.289 e. The lowest BCUT2D eigenvalue weighted by atomic mass is 9.84. The second kappa shape index (κ2) is 8.81. The lowest BCUT2D eigenvalue weighted by Gasteiger charge is -2.19. The summed E-state index contributed by atoms with van der Waals surface area (Å²) in [6.07, 6.45) is 0. The third-order valence-electron chi connectivity index (χ3n) is 4.18. The molecular formula is C18H16O8S4. The molecule has 12 heteroatoms. The maximum absolute atomic E-state index is 12.9. The first-order valence-electron chi connectivity index (χ1n) is 8.48. The number of rotatable bonds is 8. The topological polar surface area (TPSA) is 143 Å². The zero-order valence-corrected chi connectivity index (χ0v) is 18.5. The molecule has 2 aromatic carbocycles. The molecule has 0 aromatic heterocycles. The van der Waals surface area contributed by atoms with Gasteiger partial charge in [-0.1, -0.05) is 0 Å². The molecule has 8 nitrogen and oxygen atoms in total. The molecule has 0 saturated carbocycles. The molecule has 1 aliphatic rings. The number of hydrogen-bond donors (Lipinski definition) is 2. The van der Waals surface area contributed by atoms with Crippen molar-refractivity contribution in [2.24, 2.45) is 0 Å². The third-order valence-corrected chi connectivity index (χ3v) is 8.13. The highest BCUT2D eigenvalue weighted by Crippen LogP contribution is 2.33. The van der Waals surface area contributed by atoms with Crippen molar-refractivity contribution in [3.8, 4) is 0 Å². The second-order valence-electron chi connectivity index (χ2n) is 6.34. The van der Waals surface area contributed by atoms with Crippen molar-refractivity contribution in [2.75, 3.05) is 23.0 Å². The summed E-state index contributed by atoms with van der Waals surface area (Å²) >= 11 is 2.29. The van der Waals surface area contributed by atoms with E-state index in [0.717, 1.165) is 23.5 Å². The van der Waals surface area contributed by atoms with Gasteiger partial charge in [0.25, 0.3) is 20.2 Å². The quantitative estimate of drug-likeness (QED) is 0.358. The van der Waals surface area contributed by atoms with E-state index in [9.17, 15) is 26.4 Å². The molecule has 2 aromatic rings. The monoisotopic (exact) mass is 488 g/mol. The van der Waals surface area contributed by atoms with Crippen LogP contribution in [0.3, 0.4) is 0 Å². The summed E-state index contributed by atoms with van der Waals surface area (Å²) < 4.78 is 60.9. The normalized spacial score (nSPS) is 13.8. The van der Waals surface area contributed by atoms with Crippen LogP contribution in [0, 0.1) is 0 Å². The molecule has 30 heavy (non-hydrogen) atoms. The number of benzene rings is 2. The number of ketones is 2. The summed E-state index contributed by atoms with van der Waals surface area (Å²) in [5, 5.41) is 0. The predicted molar refractivity (Wildman–Crippen MR) is 114 cm³/mol. The highest BCUT2D eigenvalue weighted by molar-refractivity contribution is 8.00. The van der Waals surface area contributed by atoms with E-state index in [1.165, 1.54) is 24.3 Å². The summed E-state index contributed by atoms with van der Waals surface area (Å²) in [5.41, 5.74) is 0.894. The molecule has 3 rings (SSSR count). The van der Waals surface area contributed by atoms with Crippen molar-refractivity contribution in [2.45, 2.75) is 9.79 Å². The van der Waals surface area contributed by atoms with Gasteiger partial charge in [-0.05, 0) is 36.4 Å². The largest absolute Gasteiger partial charge is 0.289 e. The number of fused-ring (bicyclic) bond motifs is 2. The highest BCUT2D eigenvalue weighted by Gasteiger charge is 2.30. The molecule has 1 aliphatic carbocycles. The van der Waals surface area contributed by atoms with Gasteiger partial charge in [0.05, 0.1) is 11.5 Å². The van der Waals surface area contributed by atoms with Gasteiger partial charge in [0, 0.05) is 43.6 Å². The van der Waals surface area contributed by atoms with E-state index in [4.69, 9.17) is 9.11 Å². The third kappa shape index (κ3) is 5.71. The van der Waals surface area contributed by atoms with E-state index in [1.54, 1.807) is 12.1 Å². The van der Waals surface area contributed by atoms with Gasteiger partial charge >= 0.3 is 0 Å². The van der Waals surface area contributed by atoms with Crippen molar-refractivity contribution in [3.63, 3.8) is 0 Å². The summed E-state index contributed by atoms with van der Waals surface area (Å²) in [6, 6.07) is 9.28. The van der Waals surface area contributed by atoms with Crippen LogP contribution in [0.5, 0.6) is 0 Å². The summed E-state index contributed by atoms with van der Waals surface area (Å²) in [7, 11) is -8.16. The van der Waals surface area contributed by atoms with E-state index in [-0.39, 0.29) is 45.3 Å². The molecule has 0 amide bonds. The first-order valence-corrected chi connectivity index (χ1v) is 13.7. The number of thioether (sulfide) groups is 2. The Hall–Kier alpha value is -1.70. The Bertz CT molecular complexity index is 1140. The standard InChI is InChI=1S/C18H16O8S4/c19-17-13-3-1-11(27-5-7-29(21,22)23)9-15(13)18(20)14-4-2-12(10-16(14)17)28-6-8-30(24,25)26/h1-4,9-10H,5-8H2,(H,21,22,23)(H,24,25,26). The van der Waals surface area contributed by atoms with Crippen LogP contribution in [0.1, 0.15) is 31.8 Å². The Morgan fingerprint density at radius 2 is 1.00 bits per heavy atom. The fourth-order valence-corrected chi connectivity index (χ4v) is 6.37. The Kier molecular flexibility index (Phi) is 6.75. The van der Waals surface area contributed by atoms with Crippen LogP contribution in [0.2, 0.25) is 0 Å². The van der Waals surface area contributed by atoms with Crippen molar-refractivity contribution in [1.82, 2.24) is 0 Å². The lowest BCUT2D eigenvalue weighted by Crippen LogP contribution is -2.21. The highest BCUT2D eigenvalue weighted by atomic mass is 32.2. The van der Waals surface area contributed by atoms with Crippen molar-refractivity contribution in [1.29, 1.82) is 0 Å². The Balaban J connectivity index is 1.81. The molecule has 0 saturated heterocycles. The molecule has 0 spiro atoms. The van der Waals surface area contributed by atoms with Gasteiger partial charge in [-0.25, -0.2) is 0 Å². The van der Waals surface area contributed by atoms with Gasteiger partial charge in [-0.3, -0.25) is 18.7 Å². The predicted octanol–water partition coefficient (Wildman–Crippen LogP) is 2.42. The van der Waals surface area contributed by atoms with Crippen LogP contribution in [-0.4, -0.2) is 60.5 Å². The number of carbonyl (C=O) groups excluding carboxylic acids is 2. The molecule has 0 fully saturated rings. The SMILES string of the molecule is O=C1c2ccc(SCCS(=O)(=O)O)cc2C(=O)c2ccc(SCCS(=O)(=O)O)cc21.